The SMILES string of the molecule is CSC(=S)OC1CC(n2cnc3c(NC(=O)c4ccccc4)ncnc32)OC1CO[Si](C)(C)C(C)(C)C. The summed E-state index contributed by atoms with van der Waals surface area (Å²) >= 11 is 6.74. The van der Waals surface area contributed by atoms with Gasteiger partial charge in [-0.2, -0.15) is 0 Å². The zero-order valence-electron chi connectivity index (χ0n) is 21.9. The molecule has 1 aliphatic rings. The number of carbonyl (C=O) groups is 1. The third-order valence-electron chi connectivity index (χ3n) is 6.95. The van der Waals surface area contributed by atoms with Gasteiger partial charge in [-0.05, 0) is 48.7 Å². The lowest BCUT2D eigenvalue weighted by atomic mass is 10.2. The van der Waals surface area contributed by atoms with Crippen LogP contribution in [0.4, 0.5) is 5.82 Å². The van der Waals surface area contributed by atoms with Crippen molar-refractivity contribution in [2.75, 3.05) is 18.2 Å². The van der Waals surface area contributed by atoms with Gasteiger partial charge in [-0.25, -0.2) is 15.0 Å². The fourth-order valence-corrected chi connectivity index (χ4v) is 5.10. The van der Waals surface area contributed by atoms with Crippen LogP contribution in [0.25, 0.3) is 11.2 Å². The molecule has 198 valence electrons. The van der Waals surface area contributed by atoms with Gasteiger partial charge in [-0.1, -0.05) is 50.7 Å². The maximum atomic E-state index is 12.7. The molecule has 1 aliphatic heterocycles. The number of anilines is 1. The van der Waals surface area contributed by atoms with Crippen LogP contribution in [0.15, 0.2) is 43.0 Å². The molecule has 1 fully saturated rings. The summed E-state index contributed by atoms with van der Waals surface area (Å²) in [5, 5.41) is 2.92. The van der Waals surface area contributed by atoms with Crippen LogP contribution in [0.5, 0.6) is 0 Å². The van der Waals surface area contributed by atoms with E-state index < -0.39 is 8.32 Å². The summed E-state index contributed by atoms with van der Waals surface area (Å²) in [6.07, 6.45) is 4.54. The Morgan fingerprint density at radius 3 is 2.65 bits per heavy atom. The van der Waals surface area contributed by atoms with Gasteiger partial charge in [-0.15, -0.1) is 0 Å². The molecule has 3 aromatic rings. The molecule has 2 aromatic heterocycles. The molecule has 1 saturated heterocycles. The molecule has 37 heavy (non-hydrogen) atoms. The molecule has 3 heterocycles. The summed E-state index contributed by atoms with van der Waals surface area (Å²) in [6.45, 7) is 11.5. The minimum Gasteiger partial charge on any atom is -0.472 e. The van der Waals surface area contributed by atoms with Crippen LogP contribution in [0.3, 0.4) is 0 Å². The van der Waals surface area contributed by atoms with E-state index in [9.17, 15) is 4.79 Å². The number of fused-ring (bicyclic) bond motifs is 1. The van der Waals surface area contributed by atoms with Gasteiger partial charge in [0.2, 0.25) is 4.38 Å². The van der Waals surface area contributed by atoms with E-state index >= 15 is 0 Å². The maximum absolute atomic E-state index is 12.7. The molecular formula is C25H33N5O4S2Si. The number of aromatic nitrogens is 4. The minimum atomic E-state index is -1.99. The Labute approximate surface area is 227 Å². The highest BCUT2D eigenvalue weighted by Crippen LogP contribution is 2.39. The number of rotatable bonds is 7. The third-order valence-corrected chi connectivity index (χ3v) is 12.5. The Hall–Kier alpha value is -2.38. The van der Waals surface area contributed by atoms with E-state index in [1.165, 1.54) is 18.1 Å². The standard InChI is InChI=1S/C25H33N5O4S2Si/c1-25(2,3)37(5,6)32-13-18-17(34-24(35)36-4)12-19(33-18)30-15-28-20-21(26-14-27-22(20)30)29-23(31)16-10-8-7-9-11-16/h7-11,14-15,17-19H,12-13H2,1-6H3,(H,26,27,29,31). The molecule has 3 unspecified atom stereocenters. The molecular weight excluding hydrogens is 527 g/mol. The van der Waals surface area contributed by atoms with Crippen LogP contribution >= 0.6 is 24.0 Å². The van der Waals surface area contributed by atoms with Crippen LogP contribution in [-0.4, -0.2) is 63.2 Å². The van der Waals surface area contributed by atoms with Gasteiger partial charge in [0.25, 0.3) is 5.91 Å². The fraction of sp³-hybridized carbons (Fsp3) is 0.480. The van der Waals surface area contributed by atoms with Crippen molar-refractivity contribution in [3.63, 3.8) is 0 Å². The van der Waals surface area contributed by atoms with E-state index in [0.717, 1.165) is 0 Å². The van der Waals surface area contributed by atoms with Gasteiger partial charge in [0.15, 0.2) is 25.3 Å². The Bertz CT molecular complexity index is 1260. The summed E-state index contributed by atoms with van der Waals surface area (Å²) < 4.78 is 21.3. The van der Waals surface area contributed by atoms with E-state index in [0.29, 0.717) is 40.0 Å². The predicted molar refractivity (Wildman–Crippen MR) is 152 cm³/mol. The van der Waals surface area contributed by atoms with E-state index in [1.807, 2.05) is 29.0 Å². The second-order valence-corrected chi connectivity index (χ2v) is 16.6. The van der Waals surface area contributed by atoms with Crippen molar-refractivity contribution in [2.45, 2.75) is 63.8 Å². The quantitative estimate of drug-likeness (QED) is 0.300. The van der Waals surface area contributed by atoms with Crippen molar-refractivity contribution < 1.29 is 18.7 Å². The van der Waals surface area contributed by atoms with Crippen molar-refractivity contribution in [1.29, 1.82) is 0 Å². The first-order valence-electron chi connectivity index (χ1n) is 12.1. The lowest BCUT2D eigenvalue weighted by Gasteiger charge is -2.37. The highest BCUT2D eigenvalue weighted by molar-refractivity contribution is 8.22. The Kier molecular flexibility index (Phi) is 8.34. The van der Waals surface area contributed by atoms with Crippen molar-refractivity contribution >= 4 is 59.6 Å². The average molecular weight is 560 g/mol. The first-order valence-corrected chi connectivity index (χ1v) is 16.6. The number of nitrogens with one attached hydrogen (secondary N) is 1. The van der Waals surface area contributed by atoms with Gasteiger partial charge < -0.3 is 19.2 Å². The van der Waals surface area contributed by atoms with Crippen LogP contribution in [0.2, 0.25) is 18.1 Å². The van der Waals surface area contributed by atoms with Crippen molar-refractivity contribution in [2.24, 2.45) is 0 Å². The van der Waals surface area contributed by atoms with Crippen LogP contribution in [-0.2, 0) is 13.9 Å². The van der Waals surface area contributed by atoms with Gasteiger partial charge in [0.05, 0.1) is 12.9 Å². The highest BCUT2D eigenvalue weighted by Gasteiger charge is 2.43. The van der Waals surface area contributed by atoms with Gasteiger partial charge >= 0.3 is 0 Å². The summed E-state index contributed by atoms with van der Waals surface area (Å²) in [6, 6.07) is 8.95. The van der Waals surface area contributed by atoms with Crippen molar-refractivity contribution in [1.82, 2.24) is 19.5 Å². The Morgan fingerprint density at radius 2 is 1.97 bits per heavy atom. The monoisotopic (exact) mass is 559 g/mol. The number of imidazole rings is 1. The van der Waals surface area contributed by atoms with E-state index in [4.69, 9.17) is 26.1 Å². The molecule has 1 amide bonds. The van der Waals surface area contributed by atoms with Gasteiger partial charge in [0.1, 0.15) is 24.8 Å². The molecule has 1 N–H and O–H groups in total. The van der Waals surface area contributed by atoms with E-state index in [1.54, 1.807) is 18.5 Å². The third kappa shape index (κ3) is 6.20. The van der Waals surface area contributed by atoms with E-state index in [-0.39, 0.29) is 29.4 Å². The first kappa shape index (κ1) is 27.6. The normalized spacial score (nSPS) is 20.2. The molecule has 0 aliphatic carbocycles. The number of carbonyl (C=O) groups excluding carboxylic acids is 1. The number of hydrogen-bond acceptors (Lipinski definition) is 9. The zero-order valence-corrected chi connectivity index (χ0v) is 24.6. The summed E-state index contributed by atoms with van der Waals surface area (Å²) in [5.74, 6) is 0.0684. The number of nitrogens with zero attached hydrogens (tertiary/aromatic N) is 4. The molecule has 1 aromatic carbocycles. The maximum Gasteiger partial charge on any atom is 0.256 e. The fourth-order valence-electron chi connectivity index (χ4n) is 3.75. The van der Waals surface area contributed by atoms with Crippen LogP contribution in [0, 0.1) is 0 Å². The molecule has 0 spiro atoms. The van der Waals surface area contributed by atoms with Crippen molar-refractivity contribution in [3.05, 3.63) is 48.5 Å². The summed E-state index contributed by atoms with van der Waals surface area (Å²) in [5.41, 5.74) is 1.57. The molecule has 0 saturated carbocycles. The van der Waals surface area contributed by atoms with Crippen LogP contribution in [0.1, 0.15) is 43.8 Å². The van der Waals surface area contributed by atoms with Gasteiger partial charge in [-0.3, -0.25) is 9.36 Å². The predicted octanol–water partition coefficient (Wildman–Crippen LogP) is 5.42. The average Bonchev–Trinajstić information content (AvgIpc) is 3.47. The number of thiocarbonyl (C=S) groups is 1. The van der Waals surface area contributed by atoms with Crippen LogP contribution < -0.4 is 5.32 Å². The van der Waals surface area contributed by atoms with E-state index in [2.05, 4.69) is 54.1 Å². The number of ether oxygens (including phenoxy) is 2. The number of amides is 1. The molecule has 0 radical (unpaired) electrons. The second-order valence-electron chi connectivity index (χ2n) is 10.4. The smallest absolute Gasteiger partial charge is 0.256 e. The highest BCUT2D eigenvalue weighted by atomic mass is 32.2. The molecule has 9 nitrogen and oxygen atoms in total. The molecule has 12 heteroatoms. The lowest BCUT2D eigenvalue weighted by Crippen LogP contribution is -2.44. The molecule has 4 rings (SSSR count). The Morgan fingerprint density at radius 1 is 1.24 bits per heavy atom. The minimum absolute atomic E-state index is 0.0774. The first-order chi connectivity index (χ1) is 17.5. The number of hydrogen-bond donors (Lipinski definition) is 1. The topological polar surface area (TPSA) is 100 Å². The second kappa shape index (κ2) is 11.2. The molecule has 0 bridgehead atoms. The number of thioether (sulfide) groups is 1. The zero-order chi connectivity index (χ0) is 26.8. The summed E-state index contributed by atoms with van der Waals surface area (Å²) in [4.78, 5) is 25.9. The summed E-state index contributed by atoms with van der Waals surface area (Å²) in [7, 11) is -1.99. The van der Waals surface area contributed by atoms with Crippen molar-refractivity contribution in [3.8, 4) is 0 Å². The Balaban J connectivity index is 1.55. The van der Waals surface area contributed by atoms with Gasteiger partial charge in [0, 0.05) is 12.0 Å². The number of benzene rings is 1. The largest absolute Gasteiger partial charge is 0.472 e. The lowest BCUT2D eigenvalue weighted by molar-refractivity contribution is -0.0373. The molecule has 3 atom stereocenters.